The molecule has 0 radical (unpaired) electrons. The number of hydrogen-bond acceptors (Lipinski definition) is 2. The Labute approximate surface area is 147 Å². The predicted molar refractivity (Wildman–Crippen MR) is 98.6 cm³/mol. The molecule has 2 aliphatic rings. The van der Waals surface area contributed by atoms with Crippen LogP contribution < -0.4 is 10.2 Å². The first-order chi connectivity index (χ1) is 12.0. The van der Waals surface area contributed by atoms with Crippen LogP contribution in [0.15, 0.2) is 48.5 Å². The molecule has 1 fully saturated rings. The fourth-order valence-electron chi connectivity index (χ4n) is 3.74. The Hall–Kier alpha value is -2.62. The molecule has 2 amide bonds. The van der Waals surface area contributed by atoms with Gasteiger partial charge in [-0.15, -0.1) is 0 Å². The number of fused-ring (bicyclic) bond motifs is 1. The monoisotopic (exact) mass is 334 g/mol. The zero-order valence-corrected chi connectivity index (χ0v) is 14.6. The second-order valence-electron chi connectivity index (χ2n) is 7.26. The number of benzene rings is 2. The van der Waals surface area contributed by atoms with Crippen LogP contribution in [0.5, 0.6) is 0 Å². The molecule has 1 aliphatic heterocycles. The van der Waals surface area contributed by atoms with Crippen molar-refractivity contribution in [3.05, 3.63) is 59.7 Å². The number of amides is 2. The minimum Gasteiger partial charge on any atom is -0.325 e. The van der Waals surface area contributed by atoms with Crippen LogP contribution in [0.1, 0.15) is 30.9 Å². The van der Waals surface area contributed by atoms with Gasteiger partial charge in [0.1, 0.15) is 5.41 Å². The summed E-state index contributed by atoms with van der Waals surface area (Å²) in [4.78, 5) is 28.0. The molecule has 2 aromatic rings. The van der Waals surface area contributed by atoms with Gasteiger partial charge in [0.15, 0.2) is 0 Å². The number of nitrogens with one attached hydrogen (secondary N) is 1. The van der Waals surface area contributed by atoms with E-state index in [-0.39, 0.29) is 17.9 Å². The van der Waals surface area contributed by atoms with Gasteiger partial charge in [0, 0.05) is 17.4 Å². The normalized spacial score (nSPS) is 20.1. The van der Waals surface area contributed by atoms with Crippen molar-refractivity contribution in [1.82, 2.24) is 0 Å². The second kappa shape index (κ2) is 5.73. The molecule has 0 aromatic heterocycles. The minimum absolute atomic E-state index is 0.0601. The number of anilines is 2. The molecule has 0 bridgehead atoms. The summed E-state index contributed by atoms with van der Waals surface area (Å²) in [7, 11) is 0. The lowest BCUT2D eigenvalue weighted by Gasteiger charge is -2.27. The quantitative estimate of drug-likeness (QED) is 0.870. The molecule has 1 unspecified atom stereocenters. The summed E-state index contributed by atoms with van der Waals surface area (Å²) in [5.41, 5.74) is 3.05. The number of carbonyl (C=O) groups excluding carboxylic acids is 2. The zero-order valence-electron chi connectivity index (χ0n) is 14.6. The van der Waals surface area contributed by atoms with Crippen LogP contribution in [0.3, 0.4) is 0 Å². The molecule has 1 aliphatic carbocycles. The summed E-state index contributed by atoms with van der Waals surface area (Å²) in [6.07, 6.45) is 2.08. The Balaban J connectivity index is 1.58. The summed E-state index contributed by atoms with van der Waals surface area (Å²) in [6.45, 7) is 4.03. The van der Waals surface area contributed by atoms with Crippen molar-refractivity contribution < 1.29 is 9.59 Å². The molecule has 4 heteroatoms. The van der Waals surface area contributed by atoms with E-state index in [0.717, 1.165) is 23.4 Å². The first-order valence-electron chi connectivity index (χ1n) is 8.81. The van der Waals surface area contributed by atoms with Gasteiger partial charge in [0.05, 0.1) is 0 Å². The molecule has 1 N–H and O–H groups in total. The van der Waals surface area contributed by atoms with Crippen molar-refractivity contribution in [1.29, 1.82) is 0 Å². The lowest BCUT2D eigenvalue weighted by Crippen LogP contribution is -2.45. The maximum Gasteiger partial charge on any atom is 0.242 e. The van der Waals surface area contributed by atoms with Gasteiger partial charge < -0.3 is 10.2 Å². The molecule has 1 heterocycles. The van der Waals surface area contributed by atoms with Crippen molar-refractivity contribution >= 4 is 23.2 Å². The zero-order chi connectivity index (χ0) is 17.6. The average molecular weight is 334 g/mol. The van der Waals surface area contributed by atoms with E-state index >= 15 is 0 Å². The number of aryl methyl sites for hydroxylation is 1. The van der Waals surface area contributed by atoms with Gasteiger partial charge >= 0.3 is 0 Å². The smallest absolute Gasteiger partial charge is 0.242 e. The fourth-order valence-corrected chi connectivity index (χ4v) is 3.74. The van der Waals surface area contributed by atoms with Crippen LogP contribution in [-0.4, -0.2) is 17.9 Å². The summed E-state index contributed by atoms with van der Waals surface area (Å²) in [5.74, 6) is -0.241. The topological polar surface area (TPSA) is 49.4 Å². The van der Waals surface area contributed by atoms with E-state index in [2.05, 4.69) is 11.4 Å². The first kappa shape index (κ1) is 15.9. The van der Waals surface area contributed by atoms with E-state index in [0.29, 0.717) is 12.8 Å². The Morgan fingerprint density at radius 2 is 1.88 bits per heavy atom. The highest BCUT2D eigenvalue weighted by molar-refractivity contribution is 6.18. The second-order valence-corrected chi connectivity index (χ2v) is 7.26. The first-order valence-corrected chi connectivity index (χ1v) is 8.81. The van der Waals surface area contributed by atoms with Crippen LogP contribution >= 0.6 is 0 Å². The fraction of sp³-hybridized carbons (Fsp3) is 0.333. The highest BCUT2D eigenvalue weighted by Crippen LogP contribution is 2.50. The van der Waals surface area contributed by atoms with E-state index in [1.165, 1.54) is 5.56 Å². The van der Waals surface area contributed by atoms with E-state index in [9.17, 15) is 9.59 Å². The van der Waals surface area contributed by atoms with Crippen LogP contribution in [0.4, 0.5) is 11.4 Å². The molecule has 4 rings (SSSR count). The summed E-state index contributed by atoms with van der Waals surface area (Å²) in [6, 6.07) is 15.7. The third-order valence-electron chi connectivity index (χ3n) is 5.30. The van der Waals surface area contributed by atoms with Crippen molar-refractivity contribution in [2.75, 3.05) is 10.2 Å². The Morgan fingerprint density at radius 3 is 2.60 bits per heavy atom. The van der Waals surface area contributed by atoms with Crippen molar-refractivity contribution in [3.63, 3.8) is 0 Å². The molecular formula is C21H22N2O2. The lowest BCUT2D eigenvalue weighted by molar-refractivity contribution is -0.132. The summed E-state index contributed by atoms with van der Waals surface area (Å²) < 4.78 is 0. The van der Waals surface area contributed by atoms with Gasteiger partial charge in [0.2, 0.25) is 11.8 Å². The van der Waals surface area contributed by atoms with Crippen LogP contribution in [0, 0.1) is 12.3 Å². The number of nitrogens with zero attached hydrogens (tertiary/aromatic N) is 1. The van der Waals surface area contributed by atoms with Crippen molar-refractivity contribution in [2.24, 2.45) is 5.41 Å². The van der Waals surface area contributed by atoms with Crippen LogP contribution in [0.25, 0.3) is 0 Å². The standard InChI is InChI=1S/C21H22N2O2/c1-14-6-5-8-17(12-14)22-19(24)21(10-11-21)20(25)23-15(2)13-16-7-3-4-9-18(16)23/h3-9,12,15H,10-11,13H2,1-2H3,(H,22,24). The molecular weight excluding hydrogens is 312 g/mol. The van der Waals surface area contributed by atoms with Crippen molar-refractivity contribution in [2.45, 2.75) is 39.2 Å². The van der Waals surface area contributed by atoms with E-state index in [1.54, 1.807) is 0 Å². The Bertz CT molecular complexity index is 854. The van der Waals surface area contributed by atoms with E-state index in [1.807, 2.05) is 61.2 Å². The van der Waals surface area contributed by atoms with Crippen LogP contribution in [0.2, 0.25) is 0 Å². The largest absolute Gasteiger partial charge is 0.325 e. The van der Waals surface area contributed by atoms with Gasteiger partial charge in [-0.05, 0) is 62.4 Å². The lowest BCUT2D eigenvalue weighted by atomic mass is 10.0. The maximum atomic E-state index is 13.3. The van der Waals surface area contributed by atoms with Crippen molar-refractivity contribution in [3.8, 4) is 0 Å². The van der Waals surface area contributed by atoms with Gasteiger partial charge in [-0.25, -0.2) is 0 Å². The van der Waals surface area contributed by atoms with Gasteiger partial charge in [-0.2, -0.15) is 0 Å². The highest BCUT2D eigenvalue weighted by Gasteiger charge is 2.59. The molecule has 0 saturated heterocycles. The Morgan fingerprint density at radius 1 is 1.12 bits per heavy atom. The number of carbonyl (C=O) groups is 2. The molecule has 1 saturated carbocycles. The van der Waals surface area contributed by atoms with Gasteiger partial charge in [-0.1, -0.05) is 30.3 Å². The minimum atomic E-state index is -0.907. The number of rotatable bonds is 3. The van der Waals surface area contributed by atoms with E-state index in [4.69, 9.17) is 0 Å². The molecule has 25 heavy (non-hydrogen) atoms. The molecule has 128 valence electrons. The van der Waals surface area contributed by atoms with Crippen LogP contribution in [-0.2, 0) is 16.0 Å². The number of hydrogen-bond donors (Lipinski definition) is 1. The average Bonchev–Trinajstić information content (AvgIpc) is 3.32. The van der Waals surface area contributed by atoms with E-state index < -0.39 is 5.41 Å². The Kier molecular flexibility index (Phi) is 3.64. The highest BCUT2D eigenvalue weighted by atomic mass is 16.2. The van der Waals surface area contributed by atoms with Gasteiger partial charge in [0.25, 0.3) is 0 Å². The number of para-hydroxylation sites is 1. The predicted octanol–water partition coefficient (Wildman–Crippen LogP) is 3.69. The molecule has 2 aromatic carbocycles. The SMILES string of the molecule is Cc1cccc(NC(=O)C2(C(=O)N3c4ccccc4CC3C)CC2)c1. The summed E-state index contributed by atoms with van der Waals surface area (Å²) >= 11 is 0. The third-order valence-corrected chi connectivity index (χ3v) is 5.30. The maximum absolute atomic E-state index is 13.3. The molecule has 0 spiro atoms. The summed E-state index contributed by atoms with van der Waals surface area (Å²) in [5, 5.41) is 2.94. The molecule has 4 nitrogen and oxygen atoms in total. The van der Waals surface area contributed by atoms with Gasteiger partial charge in [-0.3, -0.25) is 9.59 Å². The molecule has 1 atom stereocenters. The third kappa shape index (κ3) is 2.62.